The number of pyridine rings is 1. The Balaban J connectivity index is 1.62. The van der Waals surface area contributed by atoms with Crippen LogP contribution >= 0.6 is 0 Å². The molecule has 266 valence electrons. The molecule has 2 heterocycles. The standard InChI is InChI=1S/C34H32F4N2O10/c1-17(2)30(42)49-27-18(3)48-33(45)24(16-47-31(43)22(27)14-19-8-6-5-7-9-19)40-29(41)26-28(25(46-4)12-13-39-26)50-32(44)21-11-10-20(35)15-23(21)34(36,37)38/h5-13,15,17-18,22,24,27H,14,16H2,1-4H3,(H,40,41)/t18-,22+,24-,27?/m0/s1. The van der Waals surface area contributed by atoms with Crippen molar-refractivity contribution in [1.29, 1.82) is 0 Å². The number of carbonyl (C=O) groups is 5. The molecule has 0 bridgehead atoms. The Labute approximate surface area is 283 Å². The van der Waals surface area contributed by atoms with Crippen LogP contribution < -0.4 is 14.8 Å². The second kappa shape index (κ2) is 15.8. The molecule has 1 aliphatic rings. The van der Waals surface area contributed by atoms with Gasteiger partial charge in [-0.05, 0) is 37.1 Å². The lowest BCUT2D eigenvalue weighted by molar-refractivity contribution is -0.176. The van der Waals surface area contributed by atoms with Crippen molar-refractivity contribution in [3.63, 3.8) is 0 Å². The summed E-state index contributed by atoms with van der Waals surface area (Å²) in [6.07, 6.45) is -6.55. The molecule has 1 unspecified atom stereocenters. The van der Waals surface area contributed by atoms with Crippen LogP contribution in [0.2, 0.25) is 0 Å². The van der Waals surface area contributed by atoms with Crippen molar-refractivity contribution >= 4 is 29.8 Å². The highest BCUT2D eigenvalue weighted by molar-refractivity contribution is 6.00. The van der Waals surface area contributed by atoms with E-state index in [0.29, 0.717) is 17.7 Å². The van der Waals surface area contributed by atoms with Crippen molar-refractivity contribution in [2.45, 2.75) is 51.6 Å². The largest absolute Gasteiger partial charge is 0.493 e. The minimum atomic E-state index is -5.15. The number of hydrogen-bond acceptors (Lipinski definition) is 11. The highest BCUT2D eigenvalue weighted by Gasteiger charge is 2.43. The number of halogens is 4. The first kappa shape index (κ1) is 37.3. The molecule has 0 aliphatic carbocycles. The van der Waals surface area contributed by atoms with E-state index in [1.54, 1.807) is 44.2 Å². The molecule has 0 saturated carbocycles. The van der Waals surface area contributed by atoms with Gasteiger partial charge >= 0.3 is 30.1 Å². The molecule has 0 radical (unpaired) electrons. The van der Waals surface area contributed by atoms with Crippen LogP contribution in [0.3, 0.4) is 0 Å². The number of nitrogens with zero attached hydrogens (tertiary/aromatic N) is 1. The van der Waals surface area contributed by atoms with Crippen molar-refractivity contribution in [3.05, 3.63) is 89.0 Å². The highest BCUT2D eigenvalue weighted by Crippen LogP contribution is 2.35. The van der Waals surface area contributed by atoms with Crippen LogP contribution in [0.5, 0.6) is 11.5 Å². The van der Waals surface area contributed by atoms with E-state index in [4.69, 9.17) is 23.7 Å². The molecule has 50 heavy (non-hydrogen) atoms. The van der Waals surface area contributed by atoms with E-state index in [-0.39, 0.29) is 18.2 Å². The van der Waals surface area contributed by atoms with Gasteiger partial charge < -0.3 is 29.0 Å². The fourth-order valence-corrected chi connectivity index (χ4v) is 4.91. The summed E-state index contributed by atoms with van der Waals surface area (Å²) in [7, 11) is 1.11. The van der Waals surface area contributed by atoms with Crippen molar-refractivity contribution in [2.24, 2.45) is 11.8 Å². The molecule has 1 amide bonds. The zero-order chi connectivity index (χ0) is 36.7. The SMILES string of the molecule is COc1ccnc(C(=O)N[C@H]2COC(=O)[C@H](Cc3ccccc3)C(OC(=O)C(C)C)[C@H](C)OC2=O)c1OC(=O)c1ccc(F)cc1C(F)(F)F. The molecule has 1 fully saturated rings. The van der Waals surface area contributed by atoms with Gasteiger partial charge in [0, 0.05) is 12.3 Å². The number of rotatable bonds is 9. The molecular weight excluding hydrogens is 672 g/mol. The van der Waals surface area contributed by atoms with Crippen LogP contribution in [0.1, 0.15) is 52.7 Å². The first-order valence-corrected chi connectivity index (χ1v) is 15.1. The maximum absolute atomic E-state index is 13.6. The van der Waals surface area contributed by atoms with Crippen molar-refractivity contribution in [2.75, 3.05) is 13.7 Å². The lowest BCUT2D eigenvalue weighted by Crippen LogP contribution is -2.47. The van der Waals surface area contributed by atoms with E-state index in [0.717, 1.165) is 19.4 Å². The normalized spacial score (nSPS) is 19.6. The molecule has 1 aliphatic heterocycles. The number of ether oxygens (including phenoxy) is 5. The Kier molecular flexibility index (Phi) is 11.8. The van der Waals surface area contributed by atoms with E-state index in [2.05, 4.69) is 10.3 Å². The predicted octanol–water partition coefficient (Wildman–Crippen LogP) is 4.48. The average molecular weight is 705 g/mol. The summed E-state index contributed by atoms with van der Waals surface area (Å²) < 4.78 is 81.3. The first-order valence-electron chi connectivity index (χ1n) is 15.1. The number of alkyl halides is 3. The number of cyclic esters (lactones) is 2. The van der Waals surface area contributed by atoms with Crippen molar-refractivity contribution < 1.29 is 65.2 Å². The molecule has 2 aromatic carbocycles. The van der Waals surface area contributed by atoms with Gasteiger partial charge in [0.15, 0.2) is 23.6 Å². The van der Waals surface area contributed by atoms with E-state index in [1.165, 1.54) is 6.92 Å². The number of hydrogen-bond donors (Lipinski definition) is 1. The summed E-state index contributed by atoms with van der Waals surface area (Å²) in [4.78, 5) is 69.7. The van der Waals surface area contributed by atoms with Crippen LogP contribution in [-0.4, -0.2) is 66.7 Å². The molecule has 16 heteroatoms. The van der Waals surface area contributed by atoms with Gasteiger partial charge in [-0.15, -0.1) is 0 Å². The highest BCUT2D eigenvalue weighted by atomic mass is 19.4. The Morgan fingerprint density at radius 3 is 2.38 bits per heavy atom. The van der Waals surface area contributed by atoms with Crippen LogP contribution in [-0.2, 0) is 41.2 Å². The molecule has 4 atom stereocenters. The van der Waals surface area contributed by atoms with Gasteiger partial charge in [0.25, 0.3) is 5.91 Å². The van der Waals surface area contributed by atoms with Gasteiger partial charge in [0.05, 0.1) is 24.2 Å². The molecule has 0 spiro atoms. The second-order valence-electron chi connectivity index (χ2n) is 11.4. The number of nitrogens with one attached hydrogen (secondary N) is 1. The predicted molar refractivity (Wildman–Crippen MR) is 163 cm³/mol. The van der Waals surface area contributed by atoms with Gasteiger partial charge in [-0.2, -0.15) is 13.2 Å². The summed E-state index contributed by atoms with van der Waals surface area (Å²) in [6, 6.07) is 9.47. The summed E-state index contributed by atoms with van der Waals surface area (Å²) in [5.41, 5.74) is -2.73. The smallest absolute Gasteiger partial charge is 0.417 e. The van der Waals surface area contributed by atoms with Crippen molar-refractivity contribution in [1.82, 2.24) is 10.3 Å². The van der Waals surface area contributed by atoms with Crippen LogP contribution in [0.4, 0.5) is 17.6 Å². The van der Waals surface area contributed by atoms with Crippen LogP contribution in [0.25, 0.3) is 0 Å². The van der Waals surface area contributed by atoms with E-state index in [1.807, 2.05) is 0 Å². The second-order valence-corrected chi connectivity index (χ2v) is 11.4. The van der Waals surface area contributed by atoms with Gasteiger partial charge in [0.2, 0.25) is 5.75 Å². The third kappa shape index (κ3) is 8.92. The minimum Gasteiger partial charge on any atom is -0.493 e. The lowest BCUT2D eigenvalue weighted by atomic mass is 9.91. The fraction of sp³-hybridized carbons (Fsp3) is 0.353. The fourth-order valence-electron chi connectivity index (χ4n) is 4.91. The maximum Gasteiger partial charge on any atom is 0.417 e. The monoisotopic (exact) mass is 704 g/mol. The first-order chi connectivity index (χ1) is 23.6. The minimum absolute atomic E-state index is 0.0429. The number of carbonyl (C=O) groups excluding carboxylic acids is 5. The lowest BCUT2D eigenvalue weighted by Gasteiger charge is -2.29. The summed E-state index contributed by atoms with van der Waals surface area (Å²) in [6.45, 7) is 3.81. The Hall–Kier alpha value is -5.54. The van der Waals surface area contributed by atoms with Crippen molar-refractivity contribution in [3.8, 4) is 11.5 Å². The number of methoxy groups -OCH3 is 1. The Morgan fingerprint density at radius 2 is 1.74 bits per heavy atom. The molecule has 1 aromatic heterocycles. The van der Waals surface area contributed by atoms with E-state index < -0.39 is 101 Å². The molecule has 1 saturated heterocycles. The zero-order valence-electron chi connectivity index (χ0n) is 27.1. The third-order valence-corrected chi connectivity index (χ3v) is 7.47. The molecule has 12 nitrogen and oxygen atoms in total. The van der Waals surface area contributed by atoms with Crippen LogP contribution in [0.15, 0.2) is 60.8 Å². The third-order valence-electron chi connectivity index (χ3n) is 7.47. The Bertz CT molecular complexity index is 1750. The summed E-state index contributed by atoms with van der Waals surface area (Å²) >= 11 is 0. The maximum atomic E-state index is 13.6. The van der Waals surface area contributed by atoms with E-state index >= 15 is 0 Å². The van der Waals surface area contributed by atoms with Gasteiger partial charge in [-0.1, -0.05) is 44.2 Å². The summed E-state index contributed by atoms with van der Waals surface area (Å²) in [5, 5.41) is 2.27. The Morgan fingerprint density at radius 1 is 1.04 bits per heavy atom. The van der Waals surface area contributed by atoms with Gasteiger partial charge in [-0.25, -0.2) is 19.0 Å². The van der Waals surface area contributed by atoms with Gasteiger partial charge in [-0.3, -0.25) is 14.4 Å². The zero-order valence-corrected chi connectivity index (χ0v) is 27.1. The number of amides is 1. The molecule has 3 aromatic rings. The number of benzene rings is 2. The molecule has 4 rings (SSSR count). The van der Waals surface area contributed by atoms with Crippen LogP contribution in [0, 0.1) is 17.7 Å². The quantitative estimate of drug-likeness (QED) is 0.190. The van der Waals surface area contributed by atoms with Gasteiger partial charge in [0.1, 0.15) is 24.4 Å². The van der Waals surface area contributed by atoms with E-state index in [9.17, 15) is 41.5 Å². The molecular formula is C34H32F4N2O10. The summed E-state index contributed by atoms with van der Waals surface area (Å²) in [5.74, 6) is -9.51. The average Bonchev–Trinajstić information content (AvgIpc) is 3.10. The topological polar surface area (TPSA) is 156 Å². The molecule has 1 N–H and O–H groups in total. The number of esters is 4. The number of aromatic nitrogens is 1.